The quantitative estimate of drug-likeness (QED) is 0.740. The Labute approximate surface area is 82.5 Å². The van der Waals surface area contributed by atoms with Crippen molar-refractivity contribution in [2.45, 2.75) is 37.1 Å². The number of carboxylic acids is 1. The van der Waals surface area contributed by atoms with Crippen LogP contribution < -0.4 is 0 Å². The molecule has 2 aliphatic rings. The number of nitrogens with zero attached hydrogens (tertiary/aromatic N) is 1. The fourth-order valence-corrected chi connectivity index (χ4v) is 3.80. The summed E-state index contributed by atoms with van der Waals surface area (Å²) in [5.41, 5.74) is 0. The summed E-state index contributed by atoms with van der Waals surface area (Å²) in [6.07, 6.45) is 1.56. The van der Waals surface area contributed by atoms with E-state index in [9.17, 15) is 4.79 Å². The lowest BCUT2D eigenvalue weighted by atomic mass is 10.2. The van der Waals surface area contributed by atoms with Gasteiger partial charge in [0.2, 0.25) is 0 Å². The van der Waals surface area contributed by atoms with Crippen LogP contribution in [0.5, 0.6) is 0 Å². The molecular weight excluding hydrogens is 186 g/mol. The van der Waals surface area contributed by atoms with Crippen molar-refractivity contribution in [3.8, 4) is 0 Å². The van der Waals surface area contributed by atoms with Crippen LogP contribution in [0.4, 0.5) is 0 Å². The number of aliphatic carboxylic acids is 1. The summed E-state index contributed by atoms with van der Waals surface area (Å²) in [5, 5.41) is 9.46. The summed E-state index contributed by atoms with van der Waals surface area (Å²) in [4.78, 5) is 12.9. The van der Waals surface area contributed by atoms with Crippen molar-refractivity contribution >= 4 is 17.7 Å². The van der Waals surface area contributed by atoms with Crippen LogP contribution in [-0.4, -0.2) is 45.6 Å². The molecule has 0 spiro atoms. The minimum atomic E-state index is -0.678. The highest BCUT2D eigenvalue weighted by Crippen LogP contribution is 2.38. The van der Waals surface area contributed by atoms with Crippen molar-refractivity contribution in [1.29, 1.82) is 0 Å². The van der Waals surface area contributed by atoms with Crippen LogP contribution >= 0.6 is 11.8 Å². The monoisotopic (exact) mass is 201 g/mol. The van der Waals surface area contributed by atoms with Crippen molar-refractivity contribution in [3.05, 3.63) is 0 Å². The number of carbonyl (C=O) groups is 1. The van der Waals surface area contributed by atoms with Gasteiger partial charge < -0.3 is 5.11 Å². The number of hydrogen-bond donors (Lipinski definition) is 1. The lowest BCUT2D eigenvalue weighted by Gasteiger charge is -2.31. The van der Waals surface area contributed by atoms with Gasteiger partial charge in [-0.15, -0.1) is 0 Å². The zero-order chi connectivity index (χ0) is 9.42. The molecule has 0 aromatic carbocycles. The van der Waals surface area contributed by atoms with Crippen molar-refractivity contribution in [3.63, 3.8) is 0 Å². The zero-order valence-corrected chi connectivity index (χ0v) is 8.59. The Hall–Kier alpha value is -0.220. The molecular formula is C9H15NO2S. The number of fused-ring (bicyclic) bond motifs is 2. The maximum absolute atomic E-state index is 10.5. The van der Waals surface area contributed by atoms with Gasteiger partial charge in [0.05, 0.1) is 6.42 Å². The van der Waals surface area contributed by atoms with Crippen LogP contribution in [-0.2, 0) is 4.79 Å². The van der Waals surface area contributed by atoms with Gasteiger partial charge in [-0.1, -0.05) is 0 Å². The number of thioether (sulfide) groups is 1. The molecule has 0 saturated carbocycles. The first-order valence-corrected chi connectivity index (χ1v) is 5.81. The molecule has 0 amide bonds. The van der Waals surface area contributed by atoms with Crippen molar-refractivity contribution in [2.75, 3.05) is 12.3 Å². The molecule has 74 valence electrons. The molecule has 0 aliphatic carbocycles. The molecule has 3 unspecified atom stereocenters. The molecule has 13 heavy (non-hydrogen) atoms. The average molecular weight is 201 g/mol. The Bertz CT molecular complexity index is 222. The molecule has 0 aromatic rings. The standard InChI is InChI=1S/C9H15NO2S/c1-6(2-9(11)12)10-4-8-3-7(10)5-13-8/h6-8H,2-5H2,1H3,(H,11,12). The Kier molecular flexibility index (Phi) is 2.51. The molecule has 0 radical (unpaired) electrons. The Morgan fingerprint density at radius 3 is 3.00 bits per heavy atom. The third-order valence-corrected chi connectivity index (χ3v) is 4.37. The Morgan fingerprint density at radius 2 is 2.54 bits per heavy atom. The van der Waals surface area contributed by atoms with E-state index in [1.807, 2.05) is 18.7 Å². The van der Waals surface area contributed by atoms with E-state index in [-0.39, 0.29) is 12.5 Å². The minimum Gasteiger partial charge on any atom is -0.481 e. The van der Waals surface area contributed by atoms with Crippen molar-refractivity contribution < 1.29 is 9.90 Å². The first-order chi connectivity index (χ1) is 6.16. The molecule has 2 rings (SSSR count). The lowest BCUT2D eigenvalue weighted by Crippen LogP contribution is -2.41. The fourth-order valence-electron chi connectivity index (χ4n) is 2.34. The maximum Gasteiger partial charge on any atom is 0.304 e. The fraction of sp³-hybridized carbons (Fsp3) is 0.889. The van der Waals surface area contributed by atoms with Gasteiger partial charge in [0.25, 0.3) is 0 Å². The third-order valence-electron chi connectivity index (χ3n) is 2.98. The molecule has 3 atom stereocenters. The maximum atomic E-state index is 10.5. The lowest BCUT2D eigenvalue weighted by molar-refractivity contribution is -0.138. The summed E-state index contributed by atoms with van der Waals surface area (Å²) >= 11 is 2.04. The summed E-state index contributed by atoms with van der Waals surface area (Å²) < 4.78 is 0. The molecule has 4 heteroatoms. The van der Waals surface area contributed by atoms with Gasteiger partial charge in [0.1, 0.15) is 0 Å². The van der Waals surface area contributed by atoms with Gasteiger partial charge in [-0.2, -0.15) is 11.8 Å². The van der Waals surface area contributed by atoms with Crippen LogP contribution in [0.3, 0.4) is 0 Å². The number of rotatable bonds is 3. The molecule has 2 bridgehead atoms. The number of likely N-dealkylation sites (tertiary alicyclic amines) is 1. The van der Waals surface area contributed by atoms with Crippen molar-refractivity contribution in [2.24, 2.45) is 0 Å². The number of carboxylic acid groups (broad SMARTS) is 1. The summed E-state index contributed by atoms with van der Waals surface area (Å²) in [6, 6.07) is 0.873. The molecule has 2 aliphatic heterocycles. The molecule has 2 saturated heterocycles. The van der Waals surface area contributed by atoms with E-state index < -0.39 is 5.97 Å². The highest BCUT2D eigenvalue weighted by atomic mass is 32.2. The molecule has 0 aromatic heterocycles. The van der Waals surface area contributed by atoms with E-state index >= 15 is 0 Å². The smallest absolute Gasteiger partial charge is 0.304 e. The molecule has 1 N–H and O–H groups in total. The second-order valence-corrected chi connectivity index (χ2v) is 5.32. The van der Waals surface area contributed by atoms with Crippen LogP contribution in [0.2, 0.25) is 0 Å². The molecule has 2 heterocycles. The van der Waals surface area contributed by atoms with Gasteiger partial charge in [0, 0.05) is 29.6 Å². The van der Waals surface area contributed by atoms with Crippen LogP contribution in [0, 0.1) is 0 Å². The van der Waals surface area contributed by atoms with E-state index in [2.05, 4.69) is 4.90 Å². The Morgan fingerprint density at radius 1 is 1.77 bits per heavy atom. The van der Waals surface area contributed by atoms with E-state index in [0.717, 1.165) is 11.8 Å². The SMILES string of the molecule is CC(CC(=O)O)N1CC2CC1CS2. The first-order valence-electron chi connectivity index (χ1n) is 4.76. The largest absolute Gasteiger partial charge is 0.481 e. The van der Waals surface area contributed by atoms with Gasteiger partial charge >= 0.3 is 5.97 Å². The van der Waals surface area contributed by atoms with Gasteiger partial charge in [-0.25, -0.2) is 0 Å². The predicted octanol–water partition coefficient (Wildman–Crippen LogP) is 1.04. The Balaban J connectivity index is 1.91. The molecule has 2 fully saturated rings. The van der Waals surface area contributed by atoms with Crippen LogP contribution in [0.1, 0.15) is 19.8 Å². The third kappa shape index (κ3) is 1.83. The van der Waals surface area contributed by atoms with E-state index in [4.69, 9.17) is 5.11 Å². The summed E-state index contributed by atoms with van der Waals surface area (Å²) in [6.45, 7) is 3.13. The zero-order valence-electron chi connectivity index (χ0n) is 7.77. The summed E-state index contributed by atoms with van der Waals surface area (Å²) in [7, 11) is 0. The minimum absolute atomic E-state index is 0.216. The van der Waals surface area contributed by atoms with Crippen LogP contribution in [0.25, 0.3) is 0 Å². The van der Waals surface area contributed by atoms with Crippen LogP contribution in [0.15, 0.2) is 0 Å². The summed E-state index contributed by atoms with van der Waals surface area (Å²) in [5.74, 6) is 0.525. The highest BCUT2D eigenvalue weighted by Gasteiger charge is 2.40. The number of hydrogen-bond acceptors (Lipinski definition) is 3. The van der Waals surface area contributed by atoms with E-state index in [1.165, 1.54) is 12.2 Å². The average Bonchev–Trinajstić information content (AvgIpc) is 2.62. The highest BCUT2D eigenvalue weighted by molar-refractivity contribution is 8.00. The second-order valence-electron chi connectivity index (χ2n) is 3.99. The predicted molar refractivity (Wildman–Crippen MR) is 53.1 cm³/mol. The van der Waals surface area contributed by atoms with Gasteiger partial charge in [-0.3, -0.25) is 9.69 Å². The topological polar surface area (TPSA) is 40.5 Å². The van der Waals surface area contributed by atoms with Gasteiger partial charge in [-0.05, 0) is 13.3 Å². The van der Waals surface area contributed by atoms with Gasteiger partial charge in [0.15, 0.2) is 0 Å². The first kappa shape index (κ1) is 9.34. The van der Waals surface area contributed by atoms with E-state index in [1.54, 1.807) is 0 Å². The molecule has 3 nitrogen and oxygen atoms in total. The second kappa shape index (κ2) is 3.50. The van der Waals surface area contributed by atoms with E-state index in [0.29, 0.717) is 6.04 Å². The van der Waals surface area contributed by atoms with Crippen molar-refractivity contribution in [1.82, 2.24) is 4.90 Å². The normalized spacial score (nSPS) is 35.2.